The Morgan fingerprint density at radius 1 is 1.17 bits per heavy atom. The van der Waals surface area contributed by atoms with E-state index in [0.717, 1.165) is 26.1 Å². The molecule has 2 rings (SSSR count). The van der Waals surface area contributed by atoms with Crippen LogP contribution in [0, 0.1) is 0 Å². The summed E-state index contributed by atoms with van der Waals surface area (Å²) < 4.78 is 0. The molecule has 1 atom stereocenters. The Kier molecular flexibility index (Phi) is 5.01. The van der Waals surface area contributed by atoms with Gasteiger partial charge in [-0.2, -0.15) is 0 Å². The van der Waals surface area contributed by atoms with Crippen molar-refractivity contribution in [1.82, 2.24) is 15.1 Å². The van der Waals surface area contributed by atoms with Gasteiger partial charge in [0.15, 0.2) is 0 Å². The van der Waals surface area contributed by atoms with Crippen molar-refractivity contribution in [2.45, 2.75) is 50.6 Å². The zero-order valence-corrected chi connectivity index (χ0v) is 11.8. The second kappa shape index (κ2) is 6.53. The van der Waals surface area contributed by atoms with Crippen LogP contribution in [-0.4, -0.2) is 61.5 Å². The summed E-state index contributed by atoms with van der Waals surface area (Å²) in [4.78, 5) is 17.1. The fourth-order valence-electron chi connectivity index (χ4n) is 3.33. The van der Waals surface area contributed by atoms with E-state index in [2.05, 4.69) is 22.2 Å². The van der Waals surface area contributed by atoms with Crippen molar-refractivity contribution in [1.29, 1.82) is 0 Å². The lowest BCUT2D eigenvalue weighted by atomic mass is 9.93. The van der Waals surface area contributed by atoms with E-state index in [-0.39, 0.29) is 6.04 Å². The second-order valence-electron chi connectivity index (χ2n) is 5.73. The summed E-state index contributed by atoms with van der Waals surface area (Å²) in [6, 6.07) is 0.538. The fraction of sp³-hybridized carbons (Fsp3) is 0.929. The molecule has 0 aromatic rings. The zero-order chi connectivity index (χ0) is 13.0. The van der Waals surface area contributed by atoms with Gasteiger partial charge in [0.25, 0.3) is 0 Å². The van der Waals surface area contributed by atoms with E-state index in [4.69, 9.17) is 0 Å². The summed E-state index contributed by atoms with van der Waals surface area (Å²) in [6.07, 6.45) is 7.46. The van der Waals surface area contributed by atoms with Crippen LogP contribution in [0.2, 0.25) is 0 Å². The van der Waals surface area contributed by atoms with Crippen LogP contribution in [0.15, 0.2) is 0 Å². The third-order valence-corrected chi connectivity index (χ3v) is 4.42. The third-order valence-electron chi connectivity index (χ3n) is 4.42. The Bertz CT molecular complexity index is 276. The molecule has 1 saturated heterocycles. The molecule has 2 fully saturated rings. The molecule has 1 N–H and O–H groups in total. The summed E-state index contributed by atoms with van der Waals surface area (Å²) >= 11 is 0. The van der Waals surface area contributed by atoms with Gasteiger partial charge in [-0.15, -0.1) is 0 Å². The van der Waals surface area contributed by atoms with Crippen LogP contribution in [0.1, 0.15) is 38.5 Å². The number of hydrogen-bond acceptors (Lipinski definition) is 3. The first-order chi connectivity index (χ1) is 8.74. The van der Waals surface area contributed by atoms with Gasteiger partial charge in [0.05, 0.1) is 0 Å². The molecule has 1 unspecified atom stereocenters. The van der Waals surface area contributed by atoms with Crippen molar-refractivity contribution in [3.63, 3.8) is 0 Å². The highest BCUT2D eigenvalue weighted by Crippen LogP contribution is 2.25. The molecular formula is C14H27N3O. The van der Waals surface area contributed by atoms with Crippen LogP contribution in [0.4, 0.5) is 0 Å². The Hall–Kier alpha value is -0.610. The molecule has 0 bridgehead atoms. The summed E-state index contributed by atoms with van der Waals surface area (Å²) in [6.45, 7) is 2.74. The molecule has 4 nitrogen and oxygen atoms in total. The van der Waals surface area contributed by atoms with E-state index in [1.165, 1.54) is 32.1 Å². The molecule has 0 aromatic heterocycles. The average Bonchev–Trinajstić information content (AvgIpc) is 2.53. The summed E-state index contributed by atoms with van der Waals surface area (Å²) in [5.41, 5.74) is 0. The normalized spacial score (nSPS) is 28.4. The second-order valence-corrected chi connectivity index (χ2v) is 5.73. The maximum absolute atomic E-state index is 12.7. The molecule has 104 valence electrons. The number of nitrogens with zero attached hydrogens (tertiary/aromatic N) is 2. The lowest BCUT2D eigenvalue weighted by Gasteiger charge is -2.36. The molecule has 4 heteroatoms. The number of nitrogens with one attached hydrogen (secondary N) is 1. The predicted octanol–water partition coefficient (Wildman–Crippen LogP) is 1.07. The lowest BCUT2D eigenvalue weighted by Crippen LogP contribution is -2.52. The van der Waals surface area contributed by atoms with Gasteiger partial charge in [-0.25, -0.2) is 0 Å². The summed E-state index contributed by atoms with van der Waals surface area (Å²) in [5, 5.41) is 3.16. The van der Waals surface area contributed by atoms with Crippen molar-refractivity contribution < 1.29 is 4.79 Å². The molecule has 1 aliphatic heterocycles. The van der Waals surface area contributed by atoms with Gasteiger partial charge in [-0.3, -0.25) is 9.69 Å². The molecule has 2 aliphatic rings. The minimum atomic E-state index is 0.0272. The molecule has 1 aliphatic carbocycles. The highest BCUT2D eigenvalue weighted by atomic mass is 16.2. The molecular weight excluding hydrogens is 226 g/mol. The van der Waals surface area contributed by atoms with Crippen LogP contribution in [0.3, 0.4) is 0 Å². The first kappa shape index (κ1) is 13.8. The van der Waals surface area contributed by atoms with E-state index in [1.807, 2.05) is 7.05 Å². The number of carbonyl (C=O) groups is 1. The number of likely N-dealkylation sites (N-methyl/N-ethyl adjacent to an activating group) is 2. The Balaban J connectivity index is 2.06. The van der Waals surface area contributed by atoms with E-state index >= 15 is 0 Å². The highest BCUT2D eigenvalue weighted by molar-refractivity contribution is 5.82. The standard InChI is InChI=1S/C14H27N3O/c1-15-11-13-14(18)17(10-6-9-16(13)2)12-7-4-3-5-8-12/h12-13,15H,3-11H2,1-2H3. The topological polar surface area (TPSA) is 35.6 Å². The Labute approximate surface area is 111 Å². The number of hydrogen-bond donors (Lipinski definition) is 1. The first-order valence-corrected chi connectivity index (χ1v) is 7.39. The average molecular weight is 253 g/mol. The molecule has 1 amide bonds. The maximum atomic E-state index is 12.7. The number of rotatable bonds is 3. The third kappa shape index (κ3) is 3.04. The first-order valence-electron chi connectivity index (χ1n) is 7.39. The molecule has 1 saturated carbocycles. The van der Waals surface area contributed by atoms with Gasteiger partial charge in [0.2, 0.25) is 5.91 Å². The smallest absolute Gasteiger partial charge is 0.241 e. The minimum Gasteiger partial charge on any atom is -0.338 e. The molecule has 0 spiro atoms. The van der Waals surface area contributed by atoms with Crippen molar-refractivity contribution in [2.75, 3.05) is 33.7 Å². The minimum absolute atomic E-state index is 0.0272. The zero-order valence-electron chi connectivity index (χ0n) is 11.8. The van der Waals surface area contributed by atoms with Crippen molar-refractivity contribution in [2.24, 2.45) is 0 Å². The van der Waals surface area contributed by atoms with Crippen LogP contribution < -0.4 is 5.32 Å². The lowest BCUT2D eigenvalue weighted by molar-refractivity contribution is -0.137. The largest absolute Gasteiger partial charge is 0.338 e. The van der Waals surface area contributed by atoms with Gasteiger partial charge in [-0.05, 0) is 33.4 Å². The quantitative estimate of drug-likeness (QED) is 0.817. The van der Waals surface area contributed by atoms with Gasteiger partial charge in [0, 0.05) is 25.7 Å². The van der Waals surface area contributed by atoms with E-state index in [1.54, 1.807) is 0 Å². The number of amides is 1. The molecule has 18 heavy (non-hydrogen) atoms. The van der Waals surface area contributed by atoms with E-state index in [0.29, 0.717) is 11.9 Å². The van der Waals surface area contributed by atoms with Crippen molar-refractivity contribution >= 4 is 5.91 Å². The van der Waals surface area contributed by atoms with Gasteiger partial charge in [0.1, 0.15) is 6.04 Å². The fourth-order valence-corrected chi connectivity index (χ4v) is 3.33. The van der Waals surface area contributed by atoms with Crippen LogP contribution in [0.25, 0.3) is 0 Å². The Morgan fingerprint density at radius 3 is 2.56 bits per heavy atom. The maximum Gasteiger partial charge on any atom is 0.241 e. The van der Waals surface area contributed by atoms with Crippen molar-refractivity contribution in [3.8, 4) is 0 Å². The van der Waals surface area contributed by atoms with Gasteiger partial charge in [-0.1, -0.05) is 19.3 Å². The van der Waals surface area contributed by atoms with Crippen LogP contribution in [0.5, 0.6) is 0 Å². The number of carbonyl (C=O) groups excluding carboxylic acids is 1. The van der Waals surface area contributed by atoms with Gasteiger partial charge >= 0.3 is 0 Å². The summed E-state index contributed by atoms with van der Waals surface area (Å²) in [5.74, 6) is 0.344. The van der Waals surface area contributed by atoms with Crippen LogP contribution >= 0.6 is 0 Å². The predicted molar refractivity (Wildman–Crippen MR) is 73.5 cm³/mol. The molecule has 1 heterocycles. The Morgan fingerprint density at radius 2 is 1.89 bits per heavy atom. The van der Waals surface area contributed by atoms with E-state index < -0.39 is 0 Å². The van der Waals surface area contributed by atoms with Gasteiger partial charge < -0.3 is 10.2 Å². The van der Waals surface area contributed by atoms with E-state index in [9.17, 15) is 4.79 Å². The summed E-state index contributed by atoms with van der Waals surface area (Å²) in [7, 11) is 4.00. The monoisotopic (exact) mass is 253 g/mol. The molecule has 0 aromatic carbocycles. The highest BCUT2D eigenvalue weighted by Gasteiger charge is 2.34. The molecule has 0 radical (unpaired) electrons. The van der Waals surface area contributed by atoms with Crippen molar-refractivity contribution in [3.05, 3.63) is 0 Å². The van der Waals surface area contributed by atoms with Crippen LogP contribution in [-0.2, 0) is 4.79 Å². The SMILES string of the molecule is CNCC1C(=O)N(C2CCCCC2)CCCN1C.